The first-order valence-corrected chi connectivity index (χ1v) is 6.72. The van der Waals surface area contributed by atoms with E-state index in [2.05, 4.69) is 10.3 Å². The Morgan fingerprint density at radius 1 is 1.47 bits per heavy atom. The molecule has 0 radical (unpaired) electrons. The Balaban J connectivity index is 2.03. The van der Waals surface area contributed by atoms with E-state index in [4.69, 9.17) is 5.73 Å². The highest BCUT2D eigenvalue weighted by Gasteiger charge is 2.41. The first-order valence-electron chi connectivity index (χ1n) is 5.84. The van der Waals surface area contributed by atoms with E-state index in [0.29, 0.717) is 0 Å². The quantitative estimate of drug-likeness (QED) is 0.821. The van der Waals surface area contributed by atoms with Gasteiger partial charge in [-0.25, -0.2) is 9.38 Å². The molecule has 0 aliphatic carbocycles. The number of halogens is 1. The van der Waals surface area contributed by atoms with E-state index < -0.39 is 0 Å². The molecule has 1 amide bonds. The first-order chi connectivity index (χ1) is 9.06. The van der Waals surface area contributed by atoms with Crippen LogP contribution in [0.3, 0.4) is 0 Å². The third kappa shape index (κ3) is 2.02. The zero-order valence-electron chi connectivity index (χ0n) is 10.2. The predicted octanol–water partition coefficient (Wildman–Crippen LogP) is 1.69. The average molecular weight is 277 g/mol. The minimum Gasteiger partial charge on any atom is -0.370 e. The molecule has 0 saturated carbocycles. The zero-order valence-corrected chi connectivity index (χ0v) is 11.0. The number of nitrogens with two attached hydrogens (primary N) is 1. The normalized spacial score (nSPS) is 26.0. The lowest BCUT2D eigenvalue weighted by atomic mass is 9.96. The summed E-state index contributed by atoms with van der Waals surface area (Å²) < 4.78 is 13.3. The van der Waals surface area contributed by atoms with Crippen LogP contribution in [0.4, 0.5) is 4.39 Å². The average Bonchev–Trinajstić information content (AvgIpc) is 2.66. The highest BCUT2D eigenvalue weighted by molar-refractivity contribution is 8.09. The summed E-state index contributed by atoms with van der Waals surface area (Å²) in [6.45, 7) is 1.88. The summed E-state index contributed by atoms with van der Waals surface area (Å²) in [5.41, 5.74) is 7.25. The topological polar surface area (TPSA) is 67.5 Å². The third-order valence-electron chi connectivity index (χ3n) is 3.24. The van der Waals surface area contributed by atoms with Gasteiger partial charge in [0.2, 0.25) is 5.91 Å². The van der Waals surface area contributed by atoms with E-state index in [0.717, 1.165) is 16.0 Å². The van der Waals surface area contributed by atoms with Gasteiger partial charge in [-0.15, -0.1) is 0 Å². The monoisotopic (exact) mass is 277 g/mol. The van der Waals surface area contributed by atoms with Crippen molar-refractivity contribution in [1.29, 1.82) is 0 Å². The van der Waals surface area contributed by atoms with Crippen LogP contribution < -0.4 is 11.1 Å². The van der Waals surface area contributed by atoms with Crippen molar-refractivity contribution >= 4 is 28.5 Å². The molecule has 1 aromatic rings. The molecule has 2 aliphatic rings. The van der Waals surface area contributed by atoms with Crippen LogP contribution in [0.15, 0.2) is 34.8 Å². The van der Waals surface area contributed by atoms with E-state index >= 15 is 0 Å². The smallest absolute Gasteiger partial charge is 0.236 e. The minimum atomic E-state index is -0.324. The Morgan fingerprint density at radius 2 is 2.26 bits per heavy atom. The van der Waals surface area contributed by atoms with Crippen LogP contribution in [-0.4, -0.2) is 17.2 Å². The number of amides is 1. The van der Waals surface area contributed by atoms with Crippen molar-refractivity contribution in [3.8, 4) is 0 Å². The fourth-order valence-corrected chi connectivity index (χ4v) is 3.81. The molecule has 2 aliphatic heterocycles. The molecule has 2 atom stereocenters. The standard InChI is InChI=1S/C13H12FN3OS/c1-6-9-11(18)16-13(15)17-12(9)19-10(6)7-3-2-4-8(14)5-7/h2-5,9,12H,1H3,(H3,15,16,17,18). The lowest BCUT2D eigenvalue weighted by Gasteiger charge is -2.22. The van der Waals surface area contributed by atoms with Gasteiger partial charge in [-0.2, -0.15) is 0 Å². The second-order valence-electron chi connectivity index (χ2n) is 4.51. The summed E-state index contributed by atoms with van der Waals surface area (Å²) in [5, 5.41) is 2.29. The number of benzene rings is 1. The van der Waals surface area contributed by atoms with E-state index in [-0.39, 0.29) is 29.0 Å². The molecule has 0 saturated heterocycles. The molecule has 2 unspecified atom stereocenters. The molecule has 0 spiro atoms. The third-order valence-corrected chi connectivity index (χ3v) is 4.65. The molecule has 0 fully saturated rings. The lowest BCUT2D eigenvalue weighted by molar-refractivity contribution is -0.122. The van der Waals surface area contributed by atoms with Crippen LogP contribution >= 0.6 is 11.8 Å². The number of thioether (sulfide) groups is 1. The number of hydrogen-bond donors (Lipinski definition) is 2. The van der Waals surface area contributed by atoms with Crippen LogP contribution in [0.1, 0.15) is 12.5 Å². The second-order valence-corrected chi connectivity index (χ2v) is 5.64. The van der Waals surface area contributed by atoms with E-state index in [1.54, 1.807) is 6.07 Å². The highest BCUT2D eigenvalue weighted by Crippen LogP contribution is 2.48. The maximum absolute atomic E-state index is 13.3. The minimum absolute atomic E-state index is 0.145. The summed E-state index contributed by atoms with van der Waals surface area (Å²) in [7, 11) is 0. The fourth-order valence-electron chi connectivity index (χ4n) is 2.36. The van der Waals surface area contributed by atoms with Crippen LogP contribution in [0.25, 0.3) is 4.91 Å². The van der Waals surface area contributed by atoms with Crippen LogP contribution in [0.2, 0.25) is 0 Å². The van der Waals surface area contributed by atoms with Gasteiger partial charge in [0.05, 0.1) is 5.92 Å². The Bertz CT molecular complexity index is 626. The summed E-state index contributed by atoms with van der Waals surface area (Å²) in [4.78, 5) is 17.1. The number of carbonyl (C=O) groups excluding carboxylic acids is 1. The number of guanidine groups is 1. The maximum atomic E-state index is 13.3. The number of carbonyl (C=O) groups is 1. The summed E-state index contributed by atoms with van der Waals surface area (Å²) >= 11 is 1.46. The molecular formula is C13H12FN3OS. The zero-order chi connectivity index (χ0) is 13.6. The molecule has 2 heterocycles. The van der Waals surface area contributed by atoms with Gasteiger partial charge >= 0.3 is 0 Å². The fraction of sp³-hybridized carbons (Fsp3) is 0.231. The van der Waals surface area contributed by atoms with E-state index in [1.807, 2.05) is 13.0 Å². The van der Waals surface area contributed by atoms with Crippen LogP contribution in [0.5, 0.6) is 0 Å². The van der Waals surface area contributed by atoms with E-state index in [1.165, 1.54) is 23.9 Å². The number of aliphatic imine (C=N–C) groups is 1. The molecule has 3 rings (SSSR count). The van der Waals surface area contributed by atoms with Gasteiger partial charge in [-0.05, 0) is 30.2 Å². The van der Waals surface area contributed by atoms with Crippen molar-refractivity contribution in [3.05, 3.63) is 41.2 Å². The molecule has 1 aromatic carbocycles. The van der Waals surface area contributed by atoms with Crippen molar-refractivity contribution in [1.82, 2.24) is 5.32 Å². The Labute approximate surface area is 114 Å². The van der Waals surface area contributed by atoms with Crippen molar-refractivity contribution in [2.75, 3.05) is 0 Å². The summed E-state index contributed by atoms with van der Waals surface area (Å²) in [5.74, 6) is -0.614. The van der Waals surface area contributed by atoms with Crippen molar-refractivity contribution < 1.29 is 9.18 Å². The second kappa shape index (κ2) is 4.38. The molecule has 0 bridgehead atoms. The number of nitrogens with zero attached hydrogens (tertiary/aromatic N) is 1. The molecule has 0 aromatic heterocycles. The number of hydrogen-bond acceptors (Lipinski definition) is 4. The van der Waals surface area contributed by atoms with Crippen molar-refractivity contribution in [2.24, 2.45) is 16.6 Å². The van der Waals surface area contributed by atoms with Gasteiger partial charge in [0.1, 0.15) is 11.2 Å². The van der Waals surface area contributed by atoms with Gasteiger partial charge < -0.3 is 5.73 Å². The number of nitrogens with one attached hydrogen (secondary N) is 1. The molecule has 98 valence electrons. The van der Waals surface area contributed by atoms with Gasteiger partial charge in [-0.3, -0.25) is 10.1 Å². The van der Waals surface area contributed by atoms with Crippen LogP contribution in [0, 0.1) is 11.7 Å². The maximum Gasteiger partial charge on any atom is 0.236 e. The highest BCUT2D eigenvalue weighted by atomic mass is 32.2. The molecule has 19 heavy (non-hydrogen) atoms. The van der Waals surface area contributed by atoms with Gasteiger partial charge in [0.15, 0.2) is 5.96 Å². The largest absolute Gasteiger partial charge is 0.370 e. The van der Waals surface area contributed by atoms with E-state index in [9.17, 15) is 9.18 Å². The number of fused-ring (bicyclic) bond motifs is 1. The molecule has 6 heteroatoms. The number of rotatable bonds is 1. The Hall–Kier alpha value is -1.82. The van der Waals surface area contributed by atoms with Gasteiger partial charge in [0, 0.05) is 4.91 Å². The lowest BCUT2D eigenvalue weighted by Crippen LogP contribution is -2.47. The molecular weight excluding hydrogens is 265 g/mol. The Kier molecular flexibility index (Phi) is 2.82. The SMILES string of the molecule is CC1=C(c2cccc(F)c2)SC2N=C(N)NC(=O)C12. The molecule has 4 nitrogen and oxygen atoms in total. The summed E-state index contributed by atoms with van der Waals surface area (Å²) in [6, 6.07) is 6.35. The Morgan fingerprint density at radius 3 is 3.00 bits per heavy atom. The van der Waals surface area contributed by atoms with Crippen LogP contribution in [-0.2, 0) is 4.79 Å². The van der Waals surface area contributed by atoms with Gasteiger partial charge in [-0.1, -0.05) is 23.9 Å². The summed E-state index contributed by atoms with van der Waals surface area (Å²) in [6.07, 6.45) is 0. The molecule has 3 N–H and O–H groups in total. The van der Waals surface area contributed by atoms with Crippen molar-refractivity contribution in [2.45, 2.75) is 12.3 Å². The van der Waals surface area contributed by atoms with Crippen molar-refractivity contribution in [3.63, 3.8) is 0 Å². The predicted molar refractivity (Wildman–Crippen MR) is 73.6 cm³/mol. The van der Waals surface area contributed by atoms with Gasteiger partial charge in [0.25, 0.3) is 0 Å². The first kappa shape index (κ1) is 12.2.